The van der Waals surface area contributed by atoms with Gasteiger partial charge < -0.3 is 72.2 Å². The number of cyclic esters (lactones) is 1. The smallest absolute Gasteiger partial charge is 0.309 e. The van der Waals surface area contributed by atoms with E-state index in [2.05, 4.69) is 4.90 Å². The van der Waals surface area contributed by atoms with E-state index in [4.69, 9.17) is 47.4 Å². The standard InChI is InChI=1S/C47H78N2O16/c1-26-23-33(21-22-50)43(65-46-41(54)40(49(11)12)42(29(4)60-46)64-39-25-47(8,55)45(30(5)59-39)62-32(7)52)44(56-13)36(61-31(6)51)24-37(53)57-27(2)17-15-14-16-18-35(26)63-38-20-19-34(48(9)10)28(3)58-38/h14-16,18,22,26-30,33-36,38-46,54-55H,17,19-21,23-25H2,1-13H3. The number of rotatable bonds is 13. The van der Waals surface area contributed by atoms with E-state index in [0.717, 1.165) is 12.7 Å². The molecule has 3 saturated heterocycles. The molecule has 4 aliphatic heterocycles. The van der Waals surface area contributed by atoms with Crippen LogP contribution in [0.1, 0.15) is 100 Å². The molecule has 4 rings (SSSR count). The number of aldehydes is 1. The maximum atomic E-state index is 13.5. The summed E-state index contributed by atoms with van der Waals surface area (Å²) < 4.78 is 62.1. The highest BCUT2D eigenvalue weighted by Gasteiger charge is 2.53. The predicted molar refractivity (Wildman–Crippen MR) is 236 cm³/mol. The third-order valence-corrected chi connectivity index (χ3v) is 12.9. The van der Waals surface area contributed by atoms with Crippen LogP contribution < -0.4 is 0 Å². The summed E-state index contributed by atoms with van der Waals surface area (Å²) in [6.45, 7) is 13.3. The lowest BCUT2D eigenvalue weighted by Gasteiger charge is -2.50. The maximum absolute atomic E-state index is 13.5. The first-order chi connectivity index (χ1) is 30.6. The summed E-state index contributed by atoms with van der Waals surface area (Å²) in [7, 11) is 8.99. The molecular formula is C47H78N2O16. The second kappa shape index (κ2) is 24.9. The summed E-state index contributed by atoms with van der Waals surface area (Å²) in [4.78, 5) is 54.6. The highest BCUT2D eigenvalue weighted by molar-refractivity contribution is 5.72. The van der Waals surface area contributed by atoms with E-state index < -0.39 is 122 Å². The van der Waals surface area contributed by atoms with Crippen LogP contribution in [0.25, 0.3) is 0 Å². The van der Waals surface area contributed by atoms with Crippen molar-refractivity contribution in [2.75, 3.05) is 35.3 Å². The Labute approximate surface area is 385 Å². The maximum Gasteiger partial charge on any atom is 0.309 e. The summed E-state index contributed by atoms with van der Waals surface area (Å²) in [5, 5.41) is 23.6. The van der Waals surface area contributed by atoms with Crippen LogP contribution >= 0.6 is 0 Å². The second-order valence-electron chi connectivity index (χ2n) is 19.0. The van der Waals surface area contributed by atoms with Gasteiger partial charge in [0.2, 0.25) is 0 Å². The lowest BCUT2D eigenvalue weighted by molar-refractivity contribution is -0.344. The van der Waals surface area contributed by atoms with E-state index in [1.807, 2.05) is 52.2 Å². The van der Waals surface area contributed by atoms with Gasteiger partial charge in [0.25, 0.3) is 0 Å². The van der Waals surface area contributed by atoms with Crippen molar-refractivity contribution in [1.82, 2.24) is 9.80 Å². The molecule has 0 radical (unpaired) electrons. The Morgan fingerprint density at radius 2 is 1.54 bits per heavy atom. The van der Waals surface area contributed by atoms with Gasteiger partial charge in [-0.2, -0.15) is 0 Å². The number of allylic oxidation sites excluding steroid dienone is 2. The van der Waals surface area contributed by atoms with Gasteiger partial charge in [-0.05, 0) is 93.9 Å². The van der Waals surface area contributed by atoms with Gasteiger partial charge in [-0.25, -0.2) is 0 Å². The molecule has 19 atom stereocenters. The molecule has 2 N–H and O–H groups in total. The topological polar surface area (TPSA) is 208 Å². The molecule has 0 aromatic carbocycles. The number of aliphatic hydroxyl groups is 2. The molecule has 65 heavy (non-hydrogen) atoms. The normalized spacial score (nSPS) is 41.5. The summed E-state index contributed by atoms with van der Waals surface area (Å²) in [5.74, 6) is -2.81. The first-order valence-corrected chi connectivity index (χ1v) is 23.1. The molecule has 4 aliphatic rings. The Balaban J connectivity index is 1.72. The van der Waals surface area contributed by atoms with Gasteiger partial charge >= 0.3 is 17.9 Å². The van der Waals surface area contributed by atoms with Crippen molar-refractivity contribution in [2.45, 2.75) is 204 Å². The number of ether oxygens (including phenoxy) is 10. The quantitative estimate of drug-likeness (QED) is 0.154. The van der Waals surface area contributed by atoms with Crippen LogP contribution in [-0.2, 0) is 66.5 Å². The van der Waals surface area contributed by atoms with E-state index in [9.17, 15) is 29.4 Å². The van der Waals surface area contributed by atoms with Gasteiger partial charge in [0.1, 0.15) is 42.4 Å². The highest BCUT2D eigenvalue weighted by Crippen LogP contribution is 2.38. The summed E-state index contributed by atoms with van der Waals surface area (Å²) in [5.41, 5.74) is -1.49. The number of nitrogens with zero attached hydrogens (tertiary/aromatic N) is 2. The SMILES string of the molecule is COC1C(OC(C)=O)CC(=O)OC(C)CC=CC=CC(OC2CCC(N(C)C)C(C)O2)C(C)CC(CC=O)C1OC1OC(C)C(OC2CC(C)(O)C(OC(C)=O)C(C)O2)C(N(C)C)C1O. The number of esters is 3. The third-order valence-electron chi connectivity index (χ3n) is 12.9. The lowest BCUT2D eigenvalue weighted by atomic mass is 9.82. The van der Waals surface area contributed by atoms with Crippen LogP contribution in [0, 0.1) is 11.8 Å². The van der Waals surface area contributed by atoms with Gasteiger partial charge in [-0.3, -0.25) is 14.4 Å². The molecule has 0 aromatic heterocycles. The van der Waals surface area contributed by atoms with Crippen LogP contribution in [0.4, 0.5) is 0 Å². The molecule has 0 aromatic rings. The number of carbonyl (C=O) groups is 4. The lowest BCUT2D eigenvalue weighted by Crippen LogP contribution is -2.66. The molecule has 4 heterocycles. The third kappa shape index (κ3) is 15.3. The van der Waals surface area contributed by atoms with Crippen molar-refractivity contribution in [3.05, 3.63) is 24.3 Å². The van der Waals surface area contributed by atoms with E-state index in [1.165, 1.54) is 21.0 Å². The minimum absolute atomic E-state index is 0.0464. The van der Waals surface area contributed by atoms with Crippen LogP contribution in [0.5, 0.6) is 0 Å². The second-order valence-corrected chi connectivity index (χ2v) is 19.0. The molecule has 18 nitrogen and oxygen atoms in total. The van der Waals surface area contributed by atoms with Crippen molar-refractivity contribution in [2.24, 2.45) is 11.8 Å². The van der Waals surface area contributed by atoms with Gasteiger partial charge in [0.05, 0.1) is 43.0 Å². The molecule has 0 saturated carbocycles. The van der Waals surface area contributed by atoms with Crippen molar-refractivity contribution < 1.29 is 76.8 Å². The minimum Gasteiger partial charge on any atom is -0.462 e. The Kier molecular flexibility index (Phi) is 21.0. The molecule has 0 spiro atoms. The Bertz CT molecular complexity index is 1590. The number of methoxy groups -OCH3 is 1. The monoisotopic (exact) mass is 927 g/mol. The Hall–Kier alpha value is -2.88. The van der Waals surface area contributed by atoms with Crippen molar-refractivity contribution in [3.8, 4) is 0 Å². The number of likely N-dealkylation sites (N-methyl/N-ethyl adjacent to an activating group) is 2. The van der Waals surface area contributed by atoms with Crippen LogP contribution in [0.3, 0.4) is 0 Å². The fraction of sp³-hybridized carbons (Fsp3) is 0.830. The van der Waals surface area contributed by atoms with Crippen molar-refractivity contribution in [1.29, 1.82) is 0 Å². The van der Waals surface area contributed by atoms with E-state index in [-0.39, 0.29) is 30.9 Å². The number of aliphatic hydroxyl groups excluding tert-OH is 1. The largest absolute Gasteiger partial charge is 0.462 e. The van der Waals surface area contributed by atoms with Gasteiger partial charge in [-0.1, -0.05) is 31.2 Å². The first kappa shape index (κ1) is 54.7. The first-order valence-electron chi connectivity index (χ1n) is 23.1. The average Bonchev–Trinajstić information content (AvgIpc) is 3.19. The van der Waals surface area contributed by atoms with Gasteiger partial charge in [0.15, 0.2) is 25.0 Å². The fourth-order valence-corrected chi connectivity index (χ4v) is 9.80. The average molecular weight is 927 g/mol. The van der Waals surface area contributed by atoms with Crippen LogP contribution in [0.2, 0.25) is 0 Å². The molecule has 0 amide bonds. The Morgan fingerprint density at radius 3 is 2.12 bits per heavy atom. The van der Waals surface area contributed by atoms with Gasteiger partial charge in [-0.15, -0.1) is 0 Å². The molecule has 3 fully saturated rings. The molecule has 0 aliphatic carbocycles. The van der Waals surface area contributed by atoms with E-state index >= 15 is 0 Å². The predicted octanol–water partition coefficient (Wildman–Crippen LogP) is 3.47. The highest BCUT2D eigenvalue weighted by atomic mass is 16.7. The molecular weight excluding hydrogens is 849 g/mol. The van der Waals surface area contributed by atoms with Gasteiger partial charge in [0, 0.05) is 46.3 Å². The molecule has 19 unspecified atom stereocenters. The number of hydrogen-bond donors (Lipinski definition) is 2. The zero-order valence-corrected chi connectivity index (χ0v) is 40.7. The van der Waals surface area contributed by atoms with Crippen LogP contribution in [0.15, 0.2) is 24.3 Å². The number of carbonyl (C=O) groups excluding carboxylic acids is 4. The molecule has 18 heteroatoms. The zero-order chi connectivity index (χ0) is 48.3. The summed E-state index contributed by atoms with van der Waals surface area (Å²) >= 11 is 0. The van der Waals surface area contributed by atoms with Crippen LogP contribution in [-0.4, -0.2) is 183 Å². The molecule has 0 bridgehead atoms. The zero-order valence-electron chi connectivity index (χ0n) is 40.7. The van der Waals surface area contributed by atoms with E-state index in [0.29, 0.717) is 19.3 Å². The minimum atomic E-state index is -1.49. The number of hydrogen-bond acceptors (Lipinski definition) is 18. The fourth-order valence-electron chi connectivity index (χ4n) is 9.80. The molecule has 372 valence electrons. The Morgan fingerprint density at radius 1 is 0.862 bits per heavy atom. The summed E-state index contributed by atoms with van der Waals surface area (Å²) in [6.07, 6.45) is -1.93. The summed E-state index contributed by atoms with van der Waals surface area (Å²) in [6, 6.07) is -0.544. The van der Waals surface area contributed by atoms with Crippen molar-refractivity contribution >= 4 is 24.2 Å². The van der Waals surface area contributed by atoms with Crippen molar-refractivity contribution in [3.63, 3.8) is 0 Å². The van der Waals surface area contributed by atoms with E-state index in [1.54, 1.807) is 46.7 Å².